The van der Waals surface area contributed by atoms with Gasteiger partial charge in [-0.1, -0.05) is 22.9 Å². The predicted octanol–water partition coefficient (Wildman–Crippen LogP) is 3.50. The summed E-state index contributed by atoms with van der Waals surface area (Å²) in [4.78, 5) is 19.1. The molecule has 2 heterocycles. The van der Waals surface area contributed by atoms with Gasteiger partial charge in [0.25, 0.3) is 5.19 Å². The maximum atomic E-state index is 13.1. The van der Waals surface area contributed by atoms with Crippen LogP contribution >= 0.6 is 22.9 Å². The Kier molecular flexibility index (Phi) is 4.03. The van der Waals surface area contributed by atoms with Gasteiger partial charge in [-0.05, 0) is 18.8 Å². The summed E-state index contributed by atoms with van der Waals surface area (Å²) in [7, 11) is 0. The van der Waals surface area contributed by atoms with Gasteiger partial charge in [0.15, 0.2) is 0 Å². The minimum Gasteiger partial charge on any atom is -0.381 e. The van der Waals surface area contributed by atoms with E-state index in [0.717, 1.165) is 24.2 Å². The van der Waals surface area contributed by atoms with E-state index in [-0.39, 0.29) is 10.2 Å². The molecule has 2 aromatic heterocycles. The molecule has 110 valence electrons. The lowest BCUT2D eigenvalue weighted by Crippen LogP contribution is -2.28. The van der Waals surface area contributed by atoms with Gasteiger partial charge in [-0.25, -0.2) is 14.8 Å². The van der Waals surface area contributed by atoms with Crippen LogP contribution in [0.3, 0.4) is 0 Å². The number of hydrogen-bond acceptors (Lipinski definition) is 5. The summed E-state index contributed by atoms with van der Waals surface area (Å²) in [6, 6.07) is 1.19. The fourth-order valence-corrected chi connectivity index (χ4v) is 2.57. The number of carbonyl (C=O) groups is 1. The summed E-state index contributed by atoms with van der Waals surface area (Å²) in [5.74, 6) is -0.0740. The van der Waals surface area contributed by atoms with Gasteiger partial charge in [-0.15, -0.1) is 0 Å². The number of hydrogen-bond donors (Lipinski definition) is 1. The van der Waals surface area contributed by atoms with Crippen LogP contribution < -0.4 is 10.1 Å². The summed E-state index contributed by atoms with van der Waals surface area (Å²) < 4.78 is 18.2. The van der Waals surface area contributed by atoms with E-state index in [1.54, 1.807) is 5.38 Å². The Hall–Kier alpha value is -1.73. The first-order valence-corrected chi connectivity index (χ1v) is 7.60. The lowest BCUT2D eigenvalue weighted by Gasteiger charge is -2.02. The number of rotatable bonds is 4. The van der Waals surface area contributed by atoms with Gasteiger partial charge in [0.2, 0.25) is 5.95 Å². The molecular weight excluding hydrogens is 317 g/mol. The number of carbonyl (C=O) groups excluding carboxylic acids is 1. The van der Waals surface area contributed by atoms with Gasteiger partial charge < -0.3 is 10.1 Å². The Morgan fingerprint density at radius 2 is 2.38 bits per heavy atom. The Morgan fingerprint density at radius 3 is 3.14 bits per heavy atom. The largest absolute Gasteiger partial charge is 0.414 e. The summed E-state index contributed by atoms with van der Waals surface area (Å²) in [5.41, 5.74) is 0.852. The van der Waals surface area contributed by atoms with Crippen molar-refractivity contribution in [2.45, 2.75) is 12.8 Å². The summed E-state index contributed by atoms with van der Waals surface area (Å²) in [6.45, 7) is 0.623. The lowest BCUT2D eigenvalue weighted by atomic mass is 10.2. The monoisotopic (exact) mass is 327 g/mol. The Morgan fingerprint density at radius 1 is 1.57 bits per heavy atom. The van der Waals surface area contributed by atoms with Crippen LogP contribution in [0, 0.1) is 11.9 Å². The van der Waals surface area contributed by atoms with Gasteiger partial charge in [0.05, 0.1) is 10.7 Å². The minimum atomic E-state index is -0.646. The number of nitrogens with zero attached hydrogens (tertiary/aromatic N) is 2. The lowest BCUT2D eigenvalue weighted by molar-refractivity contribution is 0.200. The molecule has 3 rings (SSSR count). The third kappa shape index (κ3) is 3.68. The second-order valence-corrected chi connectivity index (χ2v) is 5.93. The molecular formula is C13H11ClFN3O2S. The number of aromatic nitrogens is 2. The molecule has 0 saturated heterocycles. The van der Waals surface area contributed by atoms with E-state index in [2.05, 4.69) is 15.3 Å². The average molecular weight is 328 g/mol. The number of amides is 1. The fourth-order valence-electron chi connectivity index (χ4n) is 1.70. The Labute approximate surface area is 129 Å². The highest BCUT2D eigenvalue weighted by Crippen LogP contribution is 2.31. The average Bonchev–Trinajstić information content (AvgIpc) is 3.18. The standard InChI is InChI=1S/C13H11ClFN3O2S/c14-9-5-16-11(15)3-8(9)10-6-21-13(18-10)20-12(19)17-4-7-1-2-7/h3,5-7H,1-2,4H2,(H,17,19). The smallest absolute Gasteiger partial charge is 0.381 e. The molecule has 0 radical (unpaired) electrons. The molecule has 0 aromatic carbocycles. The molecule has 5 nitrogen and oxygen atoms in total. The van der Waals surface area contributed by atoms with Crippen LogP contribution in [0.2, 0.25) is 5.02 Å². The van der Waals surface area contributed by atoms with Gasteiger partial charge in [0.1, 0.15) is 0 Å². The highest BCUT2D eigenvalue weighted by Gasteiger charge is 2.22. The zero-order chi connectivity index (χ0) is 14.8. The van der Waals surface area contributed by atoms with Crippen molar-refractivity contribution >= 4 is 29.0 Å². The number of thiazole rings is 1. The molecule has 1 aliphatic carbocycles. The van der Waals surface area contributed by atoms with Crippen molar-refractivity contribution in [2.75, 3.05) is 6.54 Å². The zero-order valence-corrected chi connectivity index (χ0v) is 12.4. The zero-order valence-electron chi connectivity index (χ0n) is 10.8. The van der Waals surface area contributed by atoms with Gasteiger partial charge in [0, 0.05) is 29.8 Å². The van der Waals surface area contributed by atoms with Crippen molar-refractivity contribution in [3.05, 3.63) is 28.6 Å². The van der Waals surface area contributed by atoms with Gasteiger partial charge >= 0.3 is 6.09 Å². The first-order chi connectivity index (χ1) is 10.1. The fraction of sp³-hybridized carbons (Fsp3) is 0.308. The van der Waals surface area contributed by atoms with Crippen molar-refractivity contribution in [2.24, 2.45) is 5.92 Å². The molecule has 21 heavy (non-hydrogen) atoms. The number of nitrogens with one attached hydrogen (secondary N) is 1. The molecule has 1 aliphatic rings. The summed E-state index contributed by atoms with van der Waals surface area (Å²) in [6.07, 6.45) is 2.98. The second kappa shape index (κ2) is 5.95. The topological polar surface area (TPSA) is 64.1 Å². The molecule has 1 amide bonds. The van der Waals surface area contributed by atoms with E-state index in [4.69, 9.17) is 16.3 Å². The third-order valence-corrected chi connectivity index (χ3v) is 4.01. The second-order valence-electron chi connectivity index (χ2n) is 4.70. The minimum absolute atomic E-state index is 0.187. The van der Waals surface area contributed by atoms with Gasteiger partial charge in [-0.2, -0.15) is 4.39 Å². The van der Waals surface area contributed by atoms with Crippen LogP contribution in [-0.2, 0) is 0 Å². The Bertz CT molecular complexity index is 675. The number of pyridine rings is 1. The van der Waals surface area contributed by atoms with Crippen LogP contribution in [0.25, 0.3) is 11.3 Å². The van der Waals surface area contributed by atoms with Crippen LogP contribution in [0.1, 0.15) is 12.8 Å². The van der Waals surface area contributed by atoms with E-state index >= 15 is 0 Å². The molecule has 0 unspecified atom stereocenters. The number of halogens is 2. The van der Waals surface area contributed by atoms with Crippen molar-refractivity contribution in [3.63, 3.8) is 0 Å². The van der Waals surface area contributed by atoms with Crippen molar-refractivity contribution in [1.82, 2.24) is 15.3 Å². The maximum Gasteiger partial charge on any atom is 0.414 e. The van der Waals surface area contributed by atoms with Crippen LogP contribution in [-0.4, -0.2) is 22.6 Å². The van der Waals surface area contributed by atoms with E-state index in [9.17, 15) is 9.18 Å². The molecule has 0 aliphatic heterocycles. The molecule has 2 aromatic rings. The van der Waals surface area contributed by atoms with Crippen LogP contribution in [0.4, 0.5) is 9.18 Å². The molecule has 1 N–H and O–H groups in total. The number of ether oxygens (including phenoxy) is 1. The van der Waals surface area contributed by atoms with Crippen LogP contribution in [0.5, 0.6) is 5.19 Å². The molecule has 0 bridgehead atoms. The first-order valence-electron chi connectivity index (χ1n) is 6.34. The molecule has 8 heteroatoms. The molecule has 1 saturated carbocycles. The predicted molar refractivity (Wildman–Crippen MR) is 77.1 cm³/mol. The highest BCUT2D eigenvalue weighted by atomic mass is 35.5. The Balaban J connectivity index is 1.67. The molecule has 1 fully saturated rings. The van der Waals surface area contributed by atoms with E-state index in [0.29, 0.717) is 23.7 Å². The molecule has 0 atom stereocenters. The van der Waals surface area contributed by atoms with Gasteiger partial charge in [-0.3, -0.25) is 0 Å². The SMILES string of the molecule is O=C(NCC1CC1)Oc1nc(-c2cc(F)ncc2Cl)cs1. The molecule has 0 spiro atoms. The van der Waals surface area contributed by atoms with E-state index in [1.807, 2.05) is 0 Å². The maximum absolute atomic E-state index is 13.1. The van der Waals surface area contributed by atoms with E-state index in [1.165, 1.54) is 12.3 Å². The van der Waals surface area contributed by atoms with Crippen molar-refractivity contribution in [3.8, 4) is 16.5 Å². The normalized spacial score (nSPS) is 14.0. The highest BCUT2D eigenvalue weighted by molar-refractivity contribution is 7.11. The van der Waals surface area contributed by atoms with Crippen LogP contribution in [0.15, 0.2) is 17.6 Å². The van der Waals surface area contributed by atoms with E-state index < -0.39 is 12.0 Å². The van der Waals surface area contributed by atoms with Crippen molar-refractivity contribution in [1.29, 1.82) is 0 Å². The summed E-state index contributed by atoms with van der Waals surface area (Å²) >= 11 is 7.09. The summed E-state index contributed by atoms with van der Waals surface area (Å²) in [5, 5.41) is 4.79. The quantitative estimate of drug-likeness (QED) is 0.873. The van der Waals surface area contributed by atoms with Crippen molar-refractivity contribution < 1.29 is 13.9 Å². The third-order valence-electron chi connectivity index (χ3n) is 2.99. The first kappa shape index (κ1) is 14.2.